The van der Waals surface area contributed by atoms with Crippen molar-refractivity contribution >= 4 is 23.2 Å². The minimum absolute atomic E-state index is 0.249. The maximum absolute atomic E-state index is 12.7. The van der Waals surface area contributed by atoms with E-state index < -0.39 is 0 Å². The maximum atomic E-state index is 12.7. The van der Waals surface area contributed by atoms with Crippen molar-refractivity contribution in [2.75, 3.05) is 5.32 Å². The summed E-state index contributed by atoms with van der Waals surface area (Å²) < 4.78 is 0. The molecule has 0 saturated heterocycles. The number of rotatable bonds is 3. The van der Waals surface area contributed by atoms with Crippen LogP contribution in [-0.4, -0.2) is 5.91 Å². The van der Waals surface area contributed by atoms with E-state index in [0.717, 1.165) is 5.56 Å². The zero-order valence-electron chi connectivity index (χ0n) is 12.7. The zero-order valence-corrected chi connectivity index (χ0v) is 13.4. The molecule has 0 bridgehead atoms. The van der Waals surface area contributed by atoms with Crippen molar-refractivity contribution in [3.63, 3.8) is 0 Å². The Bertz CT molecular complexity index is 944. The highest BCUT2D eigenvalue weighted by atomic mass is 35.5. The van der Waals surface area contributed by atoms with Gasteiger partial charge in [0.2, 0.25) is 0 Å². The summed E-state index contributed by atoms with van der Waals surface area (Å²) in [5, 5.41) is 12.7. The first kappa shape index (κ1) is 15.8. The Morgan fingerprint density at radius 3 is 2.38 bits per heavy atom. The van der Waals surface area contributed by atoms with Crippen LogP contribution < -0.4 is 5.32 Å². The quantitative estimate of drug-likeness (QED) is 0.722. The van der Waals surface area contributed by atoms with E-state index in [1.807, 2.05) is 24.3 Å². The van der Waals surface area contributed by atoms with Gasteiger partial charge in [0, 0.05) is 21.8 Å². The van der Waals surface area contributed by atoms with Crippen LogP contribution in [0.15, 0.2) is 72.8 Å². The third-order valence-electron chi connectivity index (χ3n) is 3.59. The largest absolute Gasteiger partial charge is 0.322 e. The minimum atomic E-state index is -0.249. The van der Waals surface area contributed by atoms with Crippen molar-refractivity contribution in [1.29, 1.82) is 5.26 Å². The molecule has 116 valence electrons. The Kier molecular flexibility index (Phi) is 4.60. The second-order valence-corrected chi connectivity index (χ2v) is 5.60. The van der Waals surface area contributed by atoms with Crippen LogP contribution in [0, 0.1) is 11.3 Å². The van der Waals surface area contributed by atoms with E-state index in [0.29, 0.717) is 27.4 Å². The van der Waals surface area contributed by atoms with Gasteiger partial charge in [0.15, 0.2) is 0 Å². The van der Waals surface area contributed by atoms with Gasteiger partial charge in [0.1, 0.15) is 0 Å². The first-order valence-electron chi connectivity index (χ1n) is 7.34. The van der Waals surface area contributed by atoms with Crippen LogP contribution in [0.5, 0.6) is 0 Å². The molecule has 0 radical (unpaired) electrons. The first-order chi connectivity index (χ1) is 11.7. The lowest BCUT2D eigenvalue weighted by molar-refractivity contribution is 0.102. The molecule has 0 spiro atoms. The minimum Gasteiger partial charge on any atom is -0.322 e. The first-order valence-corrected chi connectivity index (χ1v) is 7.72. The number of carbonyl (C=O) groups excluding carboxylic acids is 1. The number of carbonyl (C=O) groups is 1. The second-order valence-electron chi connectivity index (χ2n) is 5.17. The molecule has 3 aromatic rings. The lowest BCUT2D eigenvalue weighted by Crippen LogP contribution is -2.13. The summed E-state index contributed by atoms with van der Waals surface area (Å²) in [5.74, 6) is -0.249. The molecule has 24 heavy (non-hydrogen) atoms. The highest BCUT2D eigenvalue weighted by Crippen LogP contribution is 2.27. The van der Waals surface area contributed by atoms with Gasteiger partial charge in [-0.15, -0.1) is 0 Å². The standard InChI is InChI=1S/C20H13ClN2O/c21-15-7-5-8-16(12-15)23-20(24)19-11-4-3-10-18(19)17-9-2-1-6-14(17)13-22/h1-12H,(H,23,24). The molecule has 3 rings (SSSR count). The van der Waals surface area contributed by atoms with Gasteiger partial charge < -0.3 is 5.32 Å². The lowest BCUT2D eigenvalue weighted by atomic mass is 9.95. The molecule has 0 aliphatic rings. The van der Waals surface area contributed by atoms with Crippen LogP contribution in [0.3, 0.4) is 0 Å². The number of hydrogen-bond donors (Lipinski definition) is 1. The van der Waals surface area contributed by atoms with Crippen molar-refractivity contribution in [3.8, 4) is 17.2 Å². The molecule has 1 amide bonds. The number of amides is 1. The molecule has 0 fully saturated rings. The van der Waals surface area contributed by atoms with E-state index in [2.05, 4.69) is 11.4 Å². The van der Waals surface area contributed by atoms with Crippen molar-refractivity contribution in [1.82, 2.24) is 0 Å². The Morgan fingerprint density at radius 1 is 0.917 bits per heavy atom. The average molecular weight is 333 g/mol. The smallest absolute Gasteiger partial charge is 0.256 e. The number of halogens is 1. The summed E-state index contributed by atoms with van der Waals surface area (Å²) >= 11 is 5.95. The summed E-state index contributed by atoms with van der Waals surface area (Å²) in [4.78, 5) is 12.7. The second kappa shape index (κ2) is 6.99. The van der Waals surface area contributed by atoms with Gasteiger partial charge in [-0.3, -0.25) is 4.79 Å². The summed E-state index contributed by atoms with van der Waals surface area (Å²) in [6.45, 7) is 0. The predicted molar refractivity (Wildman–Crippen MR) is 96.0 cm³/mol. The molecular weight excluding hydrogens is 320 g/mol. The molecule has 4 heteroatoms. The third kappa shape index (κ3) is 3.29. The molecule has 3 nitrogen and oxygen atoms in total. The van der Waals surface area contributed by atoms with Crippen LogP contribution in [0.2, 0.25) is 5.02 Å². The molecule has 0 aliphatic carbocycles. The van der Waals surface area contributed by atoms with Crippen LogP contribution in [0.25, 0.3) is 11.1 Å². The number of anilines is 1. The van der Waals surface area contributed by atoms with Crippen molar-refractivity contribution in [2.24, 2.45) is 0 Å². The molecule has 3 aromatic carbocycles. The maximum Gasteiger partial charge on any atom is 0.256 e. The topological polar surface area (TPSA) is 52.9 Å². The molecule has 0 saturated carbocycles. The third-order valence-corrected chi connectivity index (χ3v) is 3.83. The molecule has 1 N–H and O–H groups in total. The summed E-state index contributed by atoms with van der Waals surface area (Å²) in [6.07, 6.45) is 0. The van der Waals surface area contributed by atoms with Crippen LogP contribution in [-0.2, 0) is 0 Å². The van der Waals surface area contributed by atoms with Gasteiger partial charge in [-0.2, -0.15) is 5.26 Å². The zero-order chi connectivity index (χ0) is 16.9. The van der Waals surface area contributed by atoms with E-state index in [1.165, 1.54) is 0 Å². The van der Waals surface area contributed by atoms with E-state index in [9.17, 15) is 10.1 Å². The van der Waals surface area contributed by atoms with Crippen molar-refractivity contribution < 1.29 is 4.79 Å². The van der Waals surface area contributed by atoms with Gasteiger partial charge in [0.05, 0.1) is 11.6 Å². The van der Waals surface area contributed by atoms with E-state index >= 15 is 0 Å². The Morgan fingerprint density at radius 2 is 1.62 bits per heavy atom. The highest BCUT2D eigenvalue weighted by molar-refractivity contribution is 6.31. The number of hydrogen-bond acceptors (Lipinski definition) is 2. The number of nitrogens with zero attached hydrogens (tertiary/aromatic N) is 1. The van der Waals surface area contributed by atoms with Crippen LogP contribution >= 0.6 is 11.6 Å². The number of nitriles is 1. The summed E-state index contributed by atoms with van der Waals surface area (Å²) in [7, 11) is 0. The molecular formula is C20H13ClN2O. The average Bonchev–Trinajstić information content (AvgIpc) is 2.61. The lowest BCUT2D eigenvalue weighted by Gasteiger charge is -2.11. The fourth-order valence-corrected chi connectivity index (χ4v) is 2.69. The van der Waals surface area contributed by atoms with Crippen LogP contribution in [0.4, 0.5) is 5.69 Å². The SMILES string of the molecule is N#Cc1ccccc1-c1ccccc1C(=O)Nc1cccc(Cl)c1. The molecule has 0 unspecified atom stereocenters. The number of nitrogens with one attached hydrogen (secondary N) is 1. The monoisotopic (exact) mass is 332 g/mol. The molecule has 0 atom stereocenters. The predicted octanol–water partition coefficient (Wildman–Crippen LogP) is 5.13. The van der Waals surface area contributed by atoms with E-state index in [1.54, 1.807) is 48.5 Å². The normalized spacial score (nSPS) is 10.0. The Hall–Kier alpha value is -3.09. The van der Waals surface area contributed by atoms with Crippen molar-refractivity contribution in [3.05, 3.63) is 88.9 Å². The highest BCUT2D eigenvalue weighted by Gasteiger charge is 2.14. The van der Waals surface area contributed by atoms with E-state index in [4.69, 9.17) is 11.6 Å². The van der Waals surface area contributed by atoms with Crippen LogP contribution in [0.1, 0.15) is 15.9 Å². The summed E-state index contributed by atoms with van der Waals surface area (Å²) in [6, 6.07) is 23.6. The Labute approximate surface area is 145 Å². The molecule has 0 aliphatic heterocycles. The number of benzene rings is 3. The molecule has 0 aromatic heterocycles. The fraction of sp³-hybridized carbons (Fsp3) is 0. The van der Waals surface area contributed by atoms with Crippen molar-refractivity contribution in [2.45, 2.75) is 0 Å². The van der Waals surface area contributed by atoms with Gasteiger partial charge >= 0.3 is 0 Å². The van der Waals surface area contributed by atoms with E-state index in [-0.39, 0.29) is 5.91 Å². The van der Waals surface area contributed by atoms with Gasteiger partial charge in [-0.05, 0) is 35.9 Å². The van der Waals surface area contributed by atoms with Gasteiger partial charge in [0.25, 0.3) is 5.91 Å². The molecule has 0 heterocycles. The van der Waals surface area contributed by atoms with Gasteiger partial charge in [-0.25, -0.2) is 0 Å². The van der Waals surface area contributed by atoms with Gasteiger partial charge in [-0.1, -0.05) is 54.1 Å². The summed E-state index contributed by atoms with van der Waals surface area (Å²) in [5.41, 5.74) is 3.10. The Balaban J connectivity index is 2.01. The fourth-order valence-electron chi connectivity index (χ4n) is 2.50.